The second kappa shape index (κ2) is 7.26. The van der Waals surface area contributed by atoms with Crippen LogP contribution in [0.4, 0.5) is 19.0 Å². The van der Waals surface area contributed by atoms with Gasteiger partial charge in [-0.25, -0.2) is 9.78 Å². The van der Waals surface area contributed by atoms with Gasteiger partial charge in [0.25, 0.3) is 0 Å². The number of nitrogens with two attached hydrogens (primary N) is 1. The second-order valence-electron chi connectivity index (χ2n) is 4.87. The van der Waals surface area contributed by atoms with Crippen LogP contribution in [-0.2, 0) is 11.3 Å². The zero-order valence-corrected chi connectivity index (χ0v) is 11.6. The predicted molar refractivity (Wildman–Crippen MR) is 71.8 cm³/mol. The average Bonchev–Trinajstić information content (AvgIpc) is 2.85. The van der Waals surface area contributed by atoms with E-state index in [1.54, 1.807) is 0 Å². The van der Waals surface area contributed by atoms with Crippen LogP contribution >= 0.6 is 0 Å². The van der Waals surface area contributed by atoms with Gasteiger partial charge in [-0.05, 0) is 24.0 Å². The fourth-order valence-corrected chi connectivity index (χ4v) is 1.87. The molecule has 0 aromatic carbocycles. The normalized spacial score (nSPS) is 18.1. The molecule has 5 nitrogen and oxygen atoms in total. The molecular weight excluding hydrogens is 287 g/mol. The lowest BCUT2D eigenvalue weighted by molar-refractivity contribution is -0.192. The number of aliphatic carboxylic acids is 1. The number of aromatic nitrogens is 1. The maximum atomic E-state index is 10.6. The molecule has 0 spiro atoms. The Bertz CT molecular complexity index is 463. The minimum absolute atomic E-state index is 0.573. The number of pyridine rings is 1. The molecule has 21 heavy (non-hydrogen) atoms. The molecule has 2 rings (SSSR count). The van der Waals surface area contributed by atoms with Gasteiger partial charge in [0.15, 0.2) is 0 Å². The Morgan fingerprint density at radius 1 is 1.52 bits per heavy atom. The second-order valence-corrected chi connectivity index (χ2v) is 4.87. The lowest BCUT2D eigenvalue weighted by atomic mass is 10.2. The Morgan fingerprint density at radius 3 is 2.48 bits per heavy atom. The van der Waals surface area contributed by atoms with Crippen molar-refractivity contribution in [2.75, 3.05) is 18.0 Å². The van der Waals surface area contributed by atoms with E-state index in [9.17, 15) is 13.2 Å². The molecule has 0 unspecified atom stereocenters. The van der Waals surface area contributed by atoms with Gasteiger partial charge >= 0.3 is 12.1 Å². The molecule has 0 amide bonds. The number of carboxylic acids is 1. The molecule has 1 aromatic rings. The number of anilines is 1. The fourth-order valence-electron chi connectivity index (χ4n) is 1.87. The highest BCUT2D eigenvalue weighted by atomic mass is 19.4. The maximum Gasteiger partial charge on any atom is 0.490 e. The molecule has 1 aliphatic heterocycles. The Labute approximate surface area is 120 Å². The van der Waals surface area contributed by atoms with Crippen LogP contribution in [0.25, 0.3) is 0 Å². The quantitative estimate of drug-likeness (QED) is 0.874. The monoisotopic (exact) mass is 305 g/mol. The van der Waals surface area contributed by atoms with Crippen molar-refractivity contribution in [3.8, 4) is 0 Å². The van der Waals surface area contributed by atoms with Gasteiger partial charge in [0.2, 0.25) is 0 Å². The molecule has 0 saturated carbocycles. The Hall–Kier alpha value is -1.83. The third-order valence-electron chi connectivity index (χ3n) is 3.04. The van der Waals surface area contributed by atoms with E-state index in [-0.39, 0.29) is 0 Å². The summed E-state index contributed by atoms with van der Waals surface area (Å²) in [4.78, 5) is 15.6. The number of hydrogen-bond acceptors (Lipinski definition) is 4. The van der Waals surface area contributed by atoms with E-state index in [0.29, 0.717) is 6.54 Å². The topological polar surface area (TPSA) is 79.5 Å². The van der Waals surface area contributed by atoms with Gasteiger partial charge in [-0.2, -0.15) is 13.2 Å². The van der Waals surface area contributed by atoms with Crippen molar-refractivity contribution in [1.29, 1.82) is 0 Å². The van der Waals surface area contributed by atoms with Crippen molar-refractivity contribution in [2.45, 2.75) is 26.1 Å². The van der Waals surface area contributed by atoms with Crippen LogP contribution in [0.2, 0.25) is 0 Å². The van der Waals surface area contributed by atoms with E-state index in [1.165, 1.54) is 6.42 Å². The summed E-state index contributed by atoms with van der Waals surface area (Å²) in [6, 6.07) is 4.13. The van der Waals surface area contributed by atoms with Crippen LogP contribution in [-0.4, -0.2) is 35.3 Å². The summed E-state index contributed by atoms with van der Waals surface area (Å²) >= 11 is 0. The van der Waals surface area contributed by atoms with Gasteiger partial charge in [-0.15, -0.1) is 0 Å². The molecule has 8 heteroatoms. The summed E-state index contributed by atoms with van der Waals surface area (Å²) in [6.07, 6.45) is -1.93. The Morgan fingerprint density at radius 2 is 2.14 bits per heavy atom. The molecule has 1 aliphatic rings. The maximum absolute atomic E-state index is 10.6. The van der Waals surface area contributed by atoms with E-state index in [4.69, 9.17) is 15.6 Å². The first-order valence-corrected chi connectivity index (χ1v) is 6.44. The molecule has 1 atom stereocenters. The van der Waals surface area contributed by atoms with Crippen molar-refractivity contribution in [3.05, 3.63) is 23.9 Å². The number of alkyl halides is 3. The first-order valence-electron chi connectivity index (χ1n) is 6.44. The van der Waals surface area contributed by atoms with Crippen LogP contribution < -0.4 is 10.6 Å². The minimum Gasteiger partial charge on any atom is -0.475 e. The third-order valence-corrected chi connectivity index (χ3v) is 3.04. The molecule has 2 heterocycles. The number of rotatable bonds is 2. The molecule has 0 aliphatic carbocycles. The van der Waals surface area contributed by atoms with Gasteiger partial charge in [-0.1, -0.05) is 13.0 Å². The van der Waals surface area contributed by atoms with Crippen molar-refractivity contribution in [2.24, 2.45) is 11.7 Å². The first-order chi connectivity index (χ1) is 9.74. The predicted octanol–water partition coefficient (Wildman–Crippen LogP) is 2.02. The van der Waals surface area contributed by atoms with Crippen molar-refractivity contribution >= 4 is 11.8 Å². The highest BCUT2D eigenvalue weighted by Crippen LogP contribution is 2.21. The summed E-state index contributed by atoms with van der Waals surface area (Å²) in [5.74, 6) is -0.870. The zero-order chi connectivity index (χ0) is 16.0. The molecule has 118 valence electrons. The van der Waals surface area contributed by atoms with E-state index >= 15 is 0 Å². The van der Waals surface area contributed by atoms with E-state index in [0.717, 1.165) is 30.4 Å². The van der Waals surface area contributed by atoms with Crippen molar-refractivity contribution < 1.29 is 23.1 Å². The van der Waals surface area contributed by atoms with Crippen LogP contribution in [0.5, 0.6) is 0 Å². The highest BCUT2D eigenvalue weighted by Gasteiger charge is 2.38. The third kappa shape index (κ3) is 5.58. The van der Waals surface area contributed by atoms with E-state index < -0.39 is 12.1 Å². The summed E-state index contributed by atoms with van der Waals surface area (Å²) in [5.41, 5.74) is 6.62. The standard InChI is InChI=1S/C11H17N3.C2HF3O2/c1-9-4-5-14(8-9)11-3-2-10(6-12)7-13-11;3-2(4,5)1(6)7/h2-3,7,9H,4-6,8,12H2,1H3;(H,6,7)/t9-;/m0./s1. The molecule has 0 bridgehead atoms. The lowest BCUT2D eigenvalue weighted by Gasteiger charge is -2.16. The van der Waals surface area contributed by atoms with Gasteiger partial charge in [0.05, 0.1) is 0 Å². The number of carboxylic acid groups (broad SMARTS) is 1. The average molecular weight is 305 g/mol. The molecular formula is C13H18F3N3O2. The molecule has 1 saturated heterocycles. The minimum atomic E-state index is -5.08. The van der Waals surface area contributed by atoms with Crippen molar-refractivity contribution in [1.82, 2.24) is 4.98 Å². The van der Waals surface area contributed by atoms with Crippen molar-refractivity contribution in [3.63, 3.8) is 0 Å². The SMILES string of the molecule is C[C@H]1CCN(c2ccc(CN)cn2)C1.O=C(O)C(F)(F)F. The number of halogens is 3. The molecule has 1 fully saturated rings. The van der Waals surface area contributed by atoms with E-state index in [1.807, 2.05) is 6.20 Å². The zero-order valence-electron chi connectivity index (χ0n) is 11.6. The Kier molecular flexibility index (Phi) is 5.95. The van der Waals surface area contributed by atoms with Gasteiger partial charge in [0, 0.05) is 25.8 Å². The van der Waals surface area contributed by atoms with Gasteiger partial charge in [0.1, 0.15) is 5.82 Å². The summed E-state index contributed by atoms with van der Waals surface area (Å²) in [5, 5.41) is 7.12. The number of carbonyl (C=O) groups is 1. The molecule has 0 radical (unpaired) electrons. The van der Waals surface area contributed by atoms with Crippen LogP contribution in [0.15, 0.2) is 18.3 Å². The summed E-state index contributed by atoms with van der Waals surface area (Å²) in [7, 11) is 0. The smallest absolute Gasteiger partial charge is 0.475 e. The molecule has 1 aromatic heterocycles. The van der Waals surface area contributed by atoms with E-state index in [2.05, 4.69) is 28.9 Å². The van der Waals surface area contributed by atoms with Gasteiger partial charge < -0.3 is 15.7 Å². The van der Waals surface area contributed by atoms with Crippen LogP contribution in [0.3, 0.4) is 0 Å². The largest absolute Gasteiger partial charge is 0.490 e. The van der Waals surface area contributed by atoms with Crippen LogP contribution in [0.1, 0.15) is 18.9 Å². The summed E-state index contributed by atoms with van der Waals surface area (Å²) < 4.78 is 31.7. The lowest BCUT2D eigenvalue weighted by Crippen LogP contribution is -2.21. The fraction of sp³-hybridized carbons (Fsp3) is 0.538. The van der Waals surface area contributed by atoms with Crippen LogP contribution in [0, 0.1) is 5.92 Å². The number of nitrogens with zero attached hydrogens (tertiary/aromatic N) is 2. The number of hydrogen-bond donors (Lipinski definition) is 2. The Balaban J connectivity index is 0.000000270. The highest BCUT2D eigenvalue weighted by molar-refractivity contribution is 5.73. The first kappa shape index (κ1) is 17.2. The van der Waals surface area contributed by atoms with Gasteiger partial charge in [-0.3, -0.25) is 0 Å². The summed E-state index contributed by atoms with van der Waals surface area (Å²) in [6.45, 7) is 5.13. The molecule has 3 N–H and O–H groups in total.